The molecule has 3 N–H and O–H groups in total. The van der Waals surface area contributed by atoms with E-state index in [2.05, 4.69) is 22.9 Å². The quantitative estimate of drug-likeness (QED) is 0.757. The lowest BCUT2D eigenvalue weighted by molar-refractivity contribution is -0.120. The zero-order chi connectivity index (χ0) is 18.4. The second kappa shape index (κ2) is 8.67. The zero-order valence-electron chi connectivity index (χ0n) is 15.8. The monoisotopic (exact) mass is 357 g/mol. The maximum absolute atomic E-state index is 12.5. The molecule has 1 saturated heterocycles. The van der Waals surface area contributed by atoms with Crippen LogP contribution in [0.15, 0.2) is 24.3 Å². The first kappa shape index (κ1) is 18.9. The highest BCUT2D eigenvalue weighted by atomic mass is 16.2. The van der Waals surface area contributed by atoms with Gasteiger partial charge >= 0.3 is 0 Å². The molecule has 1 aromatic carbocycles. The Balaban J connectivity index is 1.55. The third-order valence-corrected chi connectivity index (χ3v) is 5.85. The summed E-state index contributed by atoms with van der Waals surface area (Å²) in [5.41, 5.74) is 1.47. The minimum absolute atomic E-state index is 0.0708. The van der Waals surface area contributed by atoms with Crippen molar-refractivity contribution in [2.75, 3.05) is 25.0 Å². The Hall–Kier alpha value is -1.88. The minimum Gasteiger partial charge on any atom is -0.351 e. The van der Waals surface area contributed by atoms with Crippen molar-refractivity contribution in [1.82, 2.24) is 10.6 Å². The molecule has 5 heteroatoms. The van der Waals surface area contributed by atoms with Crippen molar-refractivity contribution in [2.24, 2.45) is 11.3 Å². The molecule has 2 amide bonds. The summed E-state index contributed by atoms with van der Waals surface area (Å²) in [5.74, 6) is 0.129. The Bertz CT molecular complexity index is 632. The average Bonchev–Trinajstić information content (AvgIpc) is 2.67. The largest absolute Gasteiger partial charge is 0.351 e. The number of piperidine rings is 1. The van der Waals surface area contributed by atoms with Crippen molar-refractivity contribution < 1.29 is 9.59 Å². The van der Waals surface area contributed by atoms with E-state index in [0.29, 0.717) is 17.8 Å². The number of benzene rings is 1. The van der Waals surface area contributed by atoms with Gasteiger partial charge in [0.25, 0.3) is 5.91 Å². The predicted molar refractivity (Wildman–Crippen MR) is 104 cm³/mol. The summed E-state index contributed by atoms with van der Waals surface area (Å²) in [7, 11) is 0. The zero-order valence-corrected chi connectivity index (χ0v) is 15.8. The van der Waals surface area contributed by atoms with Gasteiger partial charge in [0.05, 0.1) is 0 Å². The number of anilines is 1. The molecule has 0 atom stereocenters. The fourth-order valence-electron chi connectivity index (χ4n) is 3.95. The summed E-state index contributed by atoms with van der Waals surface area (Å²) < 4.78 is 0. The summed E-state index contributed by atoms with van der Waals surface area (Å²) in [6.07, 6.45) is 7.59. The molecule has 2 fully saturated rings. The smallest absolute Gasteiger partial charge is 0.251 e. The molecular weight excluding hydrogens is 326 g/mol. The number of carbonyl (C=O) groups excluding carboxylic acids is 2. The van der Waals surface area contributed by atoms with Crippen molar-refractivity contribution >= 4 is 17.5 Å². The van der Waals surface area contributed by atoms with Gasteiger partial charge in [0.2, 0.25) is 5.91 Å². The molecule has 0 aromatic heterocycles. The van der Waals surface area contributed by atoms with E-state index in [1.54, 1.807) is 12.1 Å². The van der Waals surface area contributed by atoms with Gasteiger partial charge in [-0.2, -0.15) is 0 Å². The lowest BCUT2D eigenvalue weighted by atomic mass is 9.81. The number of amides is 2. The fraction of sp³-hybridized carbons (Fsp3) is 0.619. The maximum Gasteiger partial charge on any atom is 0.251 e. The van der Waals surface area contributed by atoms with Gasteiger partial charge in [0.15, 0.2) is 0 Å². The number of nitrogens with one attached hydrogen (secondary N) is 3. The van der Waals surface area contributed by atoms with Gasteiger partial charge in [-0.15, -0.1) is 0 Å². The molecule has 0 spiro atoms. The topological polar surface area (TPSA) is 70.2 Å². The van der Waals surface area contributed by atoms with Gasteiger partial charge in [-0.1, -0.05) is 32.3 Å². The second-order valence-corrected chi connectivity index (χ2v) is 8.15. The van der Waals surface area contributed by atoms with Crippen molar-refractivity contribution in [2.45, 2.75) is 51.9 Å². The summed E-state index contributed by atoms with van der Waals surface area (Å²) in [6.45, 7) is 4.94. The Kier molecular flexibility index (Phi) is 6.30. The van der Waals surface area contributed by atoms with Crippen LogP contribution in [0.2, 0.25) is 0 Å². The molecule has 1 heterocycles. The highest BCUT2D eigenvalue weighted by Crippen LogP contribution is 2.27. The van der Waals surface area contributed by atoms with Crippen LogP contribution < -0.4 is 16.0 Å². The molecule has 1 saturated carbocycles. The second-order valence-electron chi connectivity index (χ2n) is 8.15. The summed E-state index contributed by atoms with van der Waals surface area (Å²) in [6, 6.07) is 7.26. The van der Waals surface area contributed by atoms with Crippen molar-refractivity contribution in [3.05, 3.63) is 29.8 Å². The highest BCUT2D eigenvalue weighted by Gasteiger charge is 2.27. The molecule has 0 unspecified atom stereocenters. The number of hydrogen-bond donors (Lipinski definition) is 3. The first-order valence-electron chi connectivity index (χ1n) is 9.96. The molecular formula is C21H31N3O2. The van der Waals surface area contributed by atoms with Crippen molar-refractivity contribution in [3.63, 3.8) is 0 Å². The van der Waals surface area contributed by atoms with E-state index in [1.807, 2.05) is 12.1 Å². The van der Waals surface area contributed by atoms with Gasteiger partial charge in [-0.3, -0.25) is 9.59 Å². The molecule has 1 aliphatic carbocycles. The third kappa shape index (κ3) is 5.07. The SMILES string of the molecule is CC1(CNC(=O)c2cccc(NC(=O)C3CCCCC3)c2)CCNCC1. The normalized spacial score (nSPS) is 20.3. The molecule has 1 aliphatic heterocycles. The first-order chi connectivity index (χ1) is 12.6. The Morgan fingerprint density at radius 3 is 2.62 bits per heavy atom. The van der Waals surface area contributed by atoms with Crippen LogP contribution >= 0.6 is 0 Å². The van der Waals surface area contributed by atoms with Gasteiger partial charge in [-0.25, -0.2) is 0 Å². The number of rotatable bonds is 5. The molecule has 0 bridgehead atoms. The van der Waals surface area contributed by atoms with Crippen LogP contribution in [0, 0.1) is 11.3 Å². The summed E-state index contributed by atoms with van der Waals surface area (Å²) >= 11 is 0. The minimum atomic E-state index is -0.0708. The first-order valence-corrected chi connectivity index (χ1v) is 9.96. The van der Waals surface area contributed by atoms with Crippen molar-refractivity contribution in [1.29, 1.82) is 0 Å². The van der Waals surface area contributed by atoms with Gasteiger partial charge in [0, 0.05) is 23.7 Å². The standard InChI is InChI=1S/C21H31N3O2/c1-21(10-12-22-13-11-21)15-23-19(25)17-8-5-9-18(14-17)24-20(26)16-6-3-2-4-7-16/h5,8-9,14,16,22H,2-4,6-7,10-13,15H2,1H3,(H,23,25)(H,24,26). The third-order valence-electron chi connectivity index (χ3n) is 5.85. The van der Waals surface area contributed by atoms with Crippen LogP contribution in [0.4, 0.5) is 5.69 Å². The maximum atomic E-state index is 12.5. The summed E-state index contributed by atoms with van der Waals surface area (Å²) in [4.78, 5) is 24.9. The van der Waals surface area contributed by atoms with E-state index in [0.717, 1.165) is 51.6 Å². The van der Waals surface area contributed by atoms with Crippen LogP contribution in [0.5, 0.6) is 0 Å². The van der Waals surface area contributed by atoms with Crippen LogP contribution in [0.3, 0.4) is 0 Å². The van der Waals surface area contributed by atoms with E-state index in [-0.39, 0.29) is 23.1 Å². The Morgan fingerprint density at radius 2 is 1.88 bits per heavy atom. The number of hydrogen-bond acceptors (Lipinski definition) is 3. The van der Waals surface area contributed by atoms with E-state index in [1.165, 1.54) is 6.42 Å². The van der Waals surface area contributed by atoms with Crippen molar-refractivity contribution in [3.8, 4) is 0 Å². The molecule has 26 heavy (non-hydrogen) atoms. The van der Waals surface area contributed by atoms with Crippen LogP contribution in [0.25, 0.3) is 0 Å². The van der Waals surface area contributed by atoms with Crippen LogP contribution in [-0.4, -0.2) is 31.4 Å². The van der Waals surface area contributed by atoms with E-state index in [9.17, 15) is 9.59 Å². The average molecular weight is 357 g/mol. The van der Waals surface area contributed by atoms with E-state index < -0.39 is 0 Å². The van der Waals surface area contributed by atoms with Gasteiger partial charge < -0.3 is 16.0 Å². The lowest BCUT2D eigenvalue weighted by Crippen LogP contribution is -2.42. The molecule has 142 valence electrons. The summed E-state index contributed by atoms with van der Waals surface area (Å²) in [5, 5.41) is 9.43. The lowest BCUT2D eigenvalue weighted by Gasteiger charge is -2.34. The fourth-order valence-corrected chi connectivity index (χ4v) is 3.95. The van der Waals surface area contributed by atoms with Gasteiger partial charge in [-0.05, 0) is 62.4 Å². The van der Waals surface area contributed by atoms with Crippen LogP contribution in [0.1, 0.15) is 62.2 Å². The number of carbonyl (C=O) groups is 2. The molecule has 5 nitrogen and oxygen atoms in total. The Morgan fingerprint density at radius 1 is 1.15 bits per heavy atom. The highest BCUT2D eigenvalue weighted by molar-refractivity contribution is 5.97. The van der Waals surface area contributed by atoms with E-state index in [4.69, 9.17) is 0 Å². The molecule has 2 aliphatic rings. The molecule has 0 radical (unpaired) electrons. The van der Waals surface area contributed by atoms with E-state index >= 15 is 0 Å². The molecule has 3 rings (SSSR count). The Labute approximate surface area is 156 Å². The molecule has 1 aromatic rings. The van der Waals surface area contributed by atoms with Crippen LogP contribution in [-0.2, 0) is 4.79 Å². The van der Waals surface area contributed by atoms with Gasteiger partial charge in [0.1, 0.15) is 0 Å². The predicted octanol–water partition coefficient (Wildman–Crippen LogP) is 3.32.